The van der Waals surface area contributed by atoms with Gasteiger partial charge in [-0.25, -0.2) is 0 Å². The van der Waals surface area contributed by atoms with E-state index in [0.717, 1.165) is 0 Å². The molecule has 0 amide bonds. The first kappa shape index (κ1) is 23.0. The van der Waals surface area contributed by atoms with Crippen LogP contribution in [-0.4, -0.2) is 5.54 Å². The first-order chi connectivity index (χ1) is 11.0. The van der Waals surface area contributed by atoms with Crippen LogP contribution in [0.15, 0.2) is 0 Å². The van der Waals surface area contributed by atoms with E-state index >= 15 is 0 Å². The highest BCUT2D eigenvalue weighted by molar-refractivity contribution is 4.78. The summed E-state index contributed by atoms with van der Waals surface area (Å²) in [5.41, 5.74) is 6.14. The average molecular weight is 326 g/mol. The number of unbranched alkanes of at least 4 members (excludes halogenated alkanes) is 14. The van der Waals surface area contributed by atoms with Crippen molar-refractivity contribution in [2.75, 3.05) is 0 Å². The quantitative estimate of drug-likeness (QED) is 0.273. The summed E-state index contributed by atoms with van der Waals surface area (Å²) in [6.45, 7) is 8.90. The van der Waals surface area contributed by atoms with E-state index in [9.17, 15) is 0 Å². The molecule has 0 radical (unpaired) electrons. The van der Waals surface area contributed by atoms with Gasteiger partial charge in [-0.05, 0) is 26.2 Å². The SMILES string of the molecule is CCCCCCCCCCCCCCCCCC(C)C(C)(C)N. The van der Waals surface area contributed by atoms with Gasteiger partial charge in [-0.2, -0.15) is 0 Å². The lowest BCUT2D eigenvalue weighted by atomic mass is 9.86. The highest BCUT2D eigenvalue weighted by Gasteiger charge is 2.19. The van der Waals surface area contributed by atoms with Gasteiger partial charge in [0.25, 0.3) is 0 Å². The van der Waals surface area contributed by atoms with E-state index in [-0.39, 0.29) is 5.54 Å². The second-order valence-electron chi connectivity index (χ2n) is 8.46. The normalized spacial score (nSPS) is 13.4. The van der Waals surface area contributed by atoms with Gasteiger partial charge < -0.3 is 5.73 Å². The van der Waals surface area contributed by atoms with Gasteiger partial charge in [0.1, 0.15) is 0 Å². The highest BCUT2D eigenvalue weighted by Crippen LogP contribution is 2.20. The van der Waals surface area contributed by atoms with Gasteiger partial charge in [-0.15, -0.1) is 0 Å². The number of hydrogen-bond donors (Lipinski definition) is 1. The smallest absolute Gasteiger partial charge is 0.0123 e. The third-order valence-corrected chi connectivity index (χ3v) is 5.51. The minimum absolute atomic E-state index is 0.00397. The Bertz CT molecular complexity index is 229. The molecule has 1 nitrogen and oxygen atoms in total. The van der Waals surface area contributed by atoms with Crippen molar-refractivity contribution >= 4 is 0 Å². The molecule has 0 aliphatic heterocycles. The molecule has 0 aromatic heterocycles. The maximum absolute atomic E-state index is 6.14. The zero-order chi connectivity index (χ0) is 17.4. The Kier molecular flexibility index (Phi) is 15.5. The van der Waals surface area contributed by atoms with E-state index in [2.05, 4.69) is 27.7 Å². The van der Waals surface area contributed by atoms with E-state index in [1.165, 1.54) is 103 Å². The zero-order valence-electron chi connectivity index (χ0n) is 17.0. The molecule has 140 valence electrons. The third-order valence-electron chi connectivity index (χ3n) is 5.51. The molecule has 1 heteroatoms. The minimum Gasteiger partial charge on any atom is -0.325 e. The fourth-order valence-corrected chi connectivity index (χ4v) is 3.19. The largest absolute Gasteiger partial charge is 0.325 e. The van der Waals surface area contributed by atoms with Crippen molar-refractivity contribution in [1.29, 1.82) is 0 Å². The van der Waals surface area contributed by atoms with Crippen LogP contribution in [0.2, 0.25) is 0 Å². The first-order valence-electron chi connectivity index (χ1n) is 10.8. The molecule has 1 atom stereocenters. The Morgan fingerprint density at radius 3 is 1.22 bits per heavy atom. The maximum atomic E-state index is 6.14. The van der Waals surface area contributed by atoms with Gasteiger partial charge in [-0.3, -0.25) is 0 Å². The summed E-state index contributed by atoms with van der Waals surface area (Å²) >= 11 is 0. The maximum Gasteiger partial charge on any atom is 0.0123 e. The fourth-order valence-electron chi connectivity index (χ4n) is 3.19. The predicted octanol–water partition coefficient (Wildman–Crippen LogP) is 7.62. The molecule has 23 heavy (non-hydrogen) atoms. The van der Waals surface area contributed by atoms with E-state index in [4.69, 9.17) is 5.73 Å². The Labute approximate surface area is 148 Å². The number of nitrogens with two attached hydrogens (primary N) is 1. The summed E-state index contributed by atoms with van der Waals surface area (Å²) < 4.78 is 0. The van der Waals surface area contributed by atoms with Gasteiger partial charge in [0.2, 0.25) is 0 Å². The second kappa shape index (κ2) is 15.5. The molecular formula is C22H47N. The molecule has 0 aromatic rings. The minimum atomic E-state index is -0.00397. The van der Waals surface area contributed by atoms with Gasteiger partial charge >= 0.3 is 0 Å². The van der Waals surface area contributed by atoms with Crippen LogP contribution in [0.25, 0.3) is 0 Å². The van der Waals surface area contributed by atoms with Gasteiger partial charge in [0.15, 0.2) is 0 Å². The number of hydrogen-bond acceptors (Lipinski definition) is 1. The van der Waals surface area contributed by atoms with E-state index in [0.29, 0.717) is 5.92 Å². The highest BCUT2D eigenvalue weighted by atomic mass is 14.7. The summed E-state index contributed by atoms with van der Waals surface area (Å²) in [5, 5.41) is 0. The van der Waals surface area contributed by atoms with Crippen LogP contribution in [0.1, 0.15) is 130 Å². The lowest BCUT2D eigenvalue weighted by Crippen LogP contribution is -2.39. The van der Waals surface area contributed by atoms with Crippen LogP contribution in [0, 0.1) is 5.92 Å². The lowest BCUT2D eigenvalue weighted by Gasteiger charge is -2.27. The average Bonchev–Trinajstić information content (AvgIpc) is 2.50. The van der Waals surface area contributed by atoms with Crippen molar-refractivity contribution in [3.05, 3.63) is 0 Å². The molecule has 0 bridgehead atoms. The Balaban J connectivity index is 3.11. The van der Waals surface area contributed by atoms with Gasteiger partial charge in [-0.1, -0.05) is 110 Å². The van der Waals surface area contributed by atoms with Crippen molar-refractivity contribution in [3.8, 4) is 0 Å². The Morgan fingerprint density at radius 1 is 0.609 bits per heavy atom. The van der Waals surface area contributed by atoms with Gasteiger partial charge in [0.05, 0.1) is 0 Å². The third kappa shape index (κ3) is 16.6. The zero-order valence-corrected chi connectivity index (χ0v) is 17.0. The molecular weight excluding hydrogens is 278 g/mol. The van der Waals surface area contributed by atoms with Crippen molar-refractivity contribution in [3.63, 3.8) is 0 Å². The molecule has 0 aliphatic carbocycles. The van der Waals surface area contributed by atoms with Crippen LogP contribution in [0.3, 0.4) is 0 Å². The van der Waals surface area contributed by atoms with Crippen molar-refractivity contribution in [2.45, 2.75) is 136 Å². The first-order valence-corrected chi connectivity index (χ1v) is 10.8. The summed E-state index contributed by atoms with van der Waals surface area (Å²) in [7, 11) is 0. The molecule has 0 saturated heterocycles. The van der Waals surface area contributed by atoms with Crippen molar-refractivity contribution in [2.24, 2.45) is 11.7 Å². The molecule has 0 rings (SSSR count). The second-order valence-corrected chi connectivity index (χ2v) is 8.46. The fraction of sp³-hybridized carbons (Fsp3) is 1.00. The van der Waals surface area contributed by atoms with Gasteiger partial charge in [0, 0.05) is 5.54 Å². The van der Waals surface area contributed by atoms with Crippen LogP contribution in [-0.2, 0) is 0 Å². The standard InChI is InChI=1S/C22H47N/c1-5-6-7-8-9-10-11-12-13-14-15-16-17-18-19-20-21(2)22(3,4)23/h21H,5-20,23H2,1-4H3. The van der Waals surface area contributed by atoms with Crippen LogP contribution < -0.4 is 5.73 Å². The van der Waals surface area contributed by atoms with Crippen LogP contribution >= 0.6 is 0 Å². The molecule has 1 unspecified atom stereocenters. The van der Waals surface area contributed by atoms with E-state index in [1.54, 1.807) is 0 Å². The summed E-state index contributed by atoms with van der Waals surface area (Å²) in [6, 6.07) is 0. The molecule has 0 heterocycles. The molecule has 0 spiro atoms. The molecule has 0 aliphatic rings. The molecule has 2 N–H and O–H groups in total. The summed E-state index contributed by atoms with van der Waals surface area (Å²) in [5.74, 6) is 0.643. The molecule has 0 saturated carbocycles. The lowest BCUT2D eigenvalue weighted by molar-refractivity contribution is 0.316. The molecule has 0 aromatic carbocycles. The monoisotopic (exact) mass is 325 g/mol. The van der Waals surface area contributed by atoms with Crippen LogP contribution in [0.5, 0.6) is 0 Å². The summed E-state index contributed by atoms with van der Waals surface area (Å²) in [4.78, 5) is 0. The predicted molar refractivity (Wildman–Crippen MR) is 107 cm³/mol. The van der Waals surface area contributed by atoms with Crippen molar-refractivity contribution < 1.29 is 0 Å². The van der Waals surface area contributed by atoms with E-state index < -0.39 is 0 Å². The summed E-state index contributed by atoms with van der Waals surface area (Å²) in [6.07, 6.45) is 22.9. The molecule has 0 fully saturated rings. The number of rotatable bonds is 17. The van der Waals surface area contributed by atoms with E-state index in [1.807, 2.05) is 0 Å². The Hall–Kier alpha value is -0.0400. The van der Waals surface area contributed by atoms with Crippen LogP contribution in [0.4, 0.5) is 0 Å². The topological polar surface area (TPSA) is 26.0 Å². The Morgan fingerprint density at radius 2 is 0.913 bits per heavy atom. The van der Waals surface area contributed by atoms with Crippen molar-refractivity contribution in [1.82, 2.24) is 0 Å².